The summed E-state index contributed by atoms with van der Waals surface area (Å²) in [5.74, 6) is 0.232. The Morgan fingerprint density at radius 1 is 1.22 bits per heavy atom. The van der Waals surface area contributed by atoms with Crippen LogP contribution in [0.15, 0.2) is 24.3 Å². The van der Waals surface area contributed by atoms with Crippen molar-refractivity contribution in [2.45, 2.75) is 6.42 Å². The van der Waals surface area contributed by atoms with Crippen molar-refractivity contribution in [3.05, 3.63) is 29.8 Å². The summed E-state index contributed by atoms with van der Waals surface area (Å²) in [6.45, 7) is 4.85. The third-order valence-electron chi connectivity index (χ3n) is 3.49. The summed E-state index contributed by atoms with van der Waals surface area (Å²) in [6.07, 6.45) is 1.04. The lowest BCUT2D eigenvalue weighted by molar-refractivity contribution is 0.0384. The van der Waals surface area contributed by atoms with Gasteiger partial charge in [0.1, 0.15) is 0 Å². The smallest absolute Gasteiger partial charge is 0.189 e. The van der Waals surface area contributed by atoms with E-state index < -0.39 is 0 Å². The number of H-pyrrole nitrogens is 1. The fourth-order valence-corrected chi connectivity index (χ4v) is 2.43. The number of morpholine rings is 1. The van der Waals surface area contributed by atoms with Crippen LogP contribution in [0.4, 0.5) is 0 Å². The number of rotatable bonds is 3. The number of nitrogens with zero attached hydrogens (tertiary/aromatic N) is 1. The molecular weight excluding hydrogens is 228 g/mol. The van der Waals surface area contributed by atoms with Crippen LogP contribution in [0.5, 0.6) is 5.88 Å². The monoisotopic (exact) mass is 246 g/mol. The fraction of sp³-hybridized carbons (Fsp3) is 0.429. The average molecular weight is 246 g/mol. The summed E-state index contributed by atoms with van der Waals surface area (Å²) in [4.78, 5) is 5.35. The lowest BCUT2D eigenvalue weighted by Gasteiger charge is -2.26. The third kappa shape index (κ3) is 2.49. The molecule has 4 heteroatoms. The molecule has 3 rings (SSSR count). The Balaban J connectivity index is 1.66. The number of hydrogen-bond acceptors (Lipinski definition) is 3. The van der Waals surface area contributed by atoms with Gasteiger partial charge in [0.25, 0.3) is 0 Å². The molecule has 0 aliphatic carbocycles. The molecule has 18 heavy (non-hydrogen) atoms. The van der Waals surface area contributed by atoms with Crippen molar-refractivity contribution in [2.24, 2.45) is 0 Å². The number of aromatic nitrogens is 1. The molecular formula is C14H18N2O2. The molecule has 2 aromatic rings. The minimum absolute atomic E-state index is 0.232. The number of nitrogens with one attached hydrogen (secondary N) is 1. The van der Waals surface area contributed by atoms with E-state index in [1.807, 2.05) is 6.07 Å². The first-order valence-electron chi connectivity index (χ1n) is 6.42. The molecule has 1 aromatic heterocycles. The molecule has 0 spiro atoms. The fourth-order valence-electron chi connectivity index (χ4n) is 2.43. The normalized spacial score (nSPS) is 17.3. The highest BCUT2D eigenvalue weighted by Gasteiger charge is 2.10. The lowest BCUT2D eigenvalue weighted by Crippen LogP contribution is -2.37. The van der Waals surface area contributed by atoms with Gasteiger partial charge in [-0.25, -0.2) is 0 Å². The minimum Gasteiger partial charge on any atom is -0.495 e. The van der Waals surface area contributed by atoms with Gasteiger partial charge in [0.2, 0.25) is 0 Å². The van der Waals surface area contributed by atoms with E-state index in [0.29, 0.717) is 0 Å². The molecule has 0 bridgehead atoms. The van der Waals surface area contributed by atoms with Crippen LogP contribution in [0.1, 0.15) is 5.56 Å². The number of benzene rings is 1. The second-order valence-electron chi connectivity index (χ2n) is 4.78. The minimum atomic E-state index is 0.232. The molecule has 1 aliphatic rings. The zero-order valence-electron chi connectivity index (χ0n) is 10.4. The van der Waals surface area contributed by atoms with E-state index in [9.17, 15) is 5.11 Å². The molecule has 4 nitrogen and oxygen atoms in total. The van der Waals surface area contributed by atoms with Crippen molar-refractivity contribution in [3.63, 3.8) is 0 Å². The average Bonchev–Trinajstić information content (AvgIpc) is 2.77. The van der Waals surface area contributed by atoms with Gasteiger partial charge in [-0.1, -0.05) is 6.07 Å². The molecule has 0 saturated carbocycles. The topological polar surface area (TPSA) is 48.5 Å². The van der Waals surface area contributed by atoms with Crippen LogP contribution < -0.4 is 0 Å². The van der Waals surface area contributed by atoms with Crippen molar-refractivity contribution >= 4 is 10.9 Å². The Bertz CT molecular complexity index is 530. The van der Waals surface area contributed by atoms with Crippen molar-refractivity contribution < 1.29 is 9.84 Å². The molecule has 1 aliphatic heterocycles. The van der Waals surface area contributed by atoms with Crippen LogP contribution >= 0.6 is 0 Å². The van der Waals surface area contributed by atoms with Gasteiger partial charge in [-0.3, -0.25) is 4.90 Å². The first-order valence-corrected chi connectivity index (χ1v) is 6.42. The Morgan fingerprint density at radius 3 is 2.89 bits per heavy atom. The van der Waals surface area contributed by atoms with Crippen LogP contribution in [0.3, 0.4) is 0 Å². The number of hydrogen-bond donors (Lipinski definition) is 2. The Hall–Kier alpha value is -1.52. The predicted molar refractivity (Wildman–Crippen MR) is 70.9 cm³/mol. The maximum Gasteiger partial charge on any atom is 0.189 e. The van der Waals surface area contributed by atoms with Gasteiger partial charge < -0.3 is 14.8 Å². The van der Waals surface area contributed by atoms with Crippen LogP contribution in [-0.4, -0.2) is 47.8 Å². The van der Waals surface area contributed by atoms with E-state index in [4.69, 9.17) is 4.74 Å². The van der Waals surface area contributed by atoms with E-state index in [1.165, 1.54) is 5.56 Å². The van der Waals surface area contributed by atoms with Crippen LogP contribution in [0.2, 0.25) is 0 Å². The summed E-state index contributed by atoms with van der Waals surface area (Å²) >= 11 is 0. The van der Waals surface area contributed by atoms with E-state index >= 15 is 0 Å². The lowest BCUT2D eigenvalue weighted by atomic mass is 10.1. The van der Waals surface area contributed by atoms with Crippen LogP contribution in [-0.2, 0) is 11.2 Å². The number of fused-ring (bicyclic) bond motifs is 1. The van der Waals surface area contributed by atoms with E-state index in [0.717, 1.165) is 50.2 Å². The number of aromatic amines is 1. The molecule has 96 valence electrons. The third-order valence-corrected chi connectivity index (χ3v) is 3.49. The molecule has 1 aromatic carbocycles. The maximum absolute atomic E-state index is 9.40. The zero-order valence-corrected chi connectivity index (χ0v) is 10.4. The van der Waals surface area contributed by atoms with Gasteiger partial charge in [0.15, 0.2) is 5.88 Å². The Labute approximate surface area is 106 Å². The van der Waals surface area contributed by atoms with Gasteiger partial charge in [-0.05, 0) is 24.1 Å². The summed E-state index contributed by atoms with van der Waals surface area (Å²) in [5.41, 5.74) is 2.30. The second kappa shape index (κ2) is 5.00. The van der Waals surface area contributed by atoms with E-state index in [2.05, 4.69) is 22.0 Å². The molecule has 1 fully saturated rings. The zero-order chi connectivity index (χ0) is 12.4. The van der Waals surface area contributed by atoms with E-state index in [-0.39, 0.29) is 5.88 Å². The van der Waals surface area contributed by atoms with Crippen molar-refractivity contribution in [2.75, 3.05) is 32.8 Å². The Kier molecular flexibility index (Phi) is 3.21. The van der Waals surface area contributed by atoms with Crippen molar-refractivity contribution in [1.82, 2.24) is 9.88 Å². The molecule has 0 radical (unpaired) electrons. The van der Waals surface area contributed by atoms with Gasteiger partial charge in [0.05, 0.1) is 13.2 Å². The van der Waals surface area contributed by atoms with Gasteiger partial charge in [0, 0.05) is 36.6 Å². The number of ether oxygens (including phenoxy) is 1. The molecule has 1 saturated heterocycles. The van der Waals surface area contributed by atoms with Crippen LogP contribution in [0, 0.1) is 0 Å². The summed E-state index contributed by atoms with van der Waals surface area (Å²) in [7, 11) is 0. The molecule has 0 unspecified atom stereocenters. The molecule has 0 atom stereocenters. The molecule has 0 amide bonds. The van der Waals surface area contributed by atoms with Gasteiger partial charge in [-0.2, -0.15) is 0 Å². The van der Waals surface area contributed by atoms with Crippen molar-refractivity contribution in [1.29, 1.82) is 0 Å². The first-order chi connectivity index (χ1) is 8.81. The predicted octanol–water partition coefficient (Wildman–Crippen LogP) is 1.75. The Morgan fingerprint density at radius 2 is 2.06 bits per heavy atom. The molecule has 2 N–H and O–H groups in total. The highest BCUT2D eigenvalue weighted by atomic mass is 16.5. The standard InChI is InChI=1S/C14H18N2O2/c17-14-10-12-9-11(1-2-13(12)15-14)3-4-16-5-7-18-8-6-16/h1-2,9-10,15,17H,3-8H2. The SMILES string of the molecule is Oc1cc2cc(CCN3CCOCC3)ccc2[nH]1. The molecule has 2 heterocycles. The largest absolute Gasteiger partial charge is 0.495 e. The van der Waals surface area contributed by atoms with Crippen molar-refractivity contribution in [3.8, 4) is 5.88 Å². The number of aromatic hydroxyl groups is 1. The van der Waals surface area contributed by atoms with Gasteiger partial charge in [-0.15, -0.1) is 0 Å². The first kappa shape index (κ1) is 11.6. The highest BCUT2D eigenvalue weighted by Crippen LogP contribution is 2.20. The summed E-state index contributed by atoms with van der Waals surface area (Å²) in [5, 5.41) is 10.5. The summed E-state index contributed by atoms with van der Waals surface area (Å²) < 4.78 is 5.34. The van der Waals surface area contributed by atoms with Crippen LogP contribution in [0.25, 0.3) is 10.9 Å². The highest BCUT2D eigenvalue weighted by molar-refractivity contribution is 5.81. The summed E-state index contributed by atoms with van der Waals surface area (Å²) in [6, 6.07) is 8.07. The van der Waals surface area contributed by atoms with E-state index in [1.54, 1.807) is 6.07 Å². The van der Waals surface area contributed by atoms with Gasteiger partial charge >= 0.3 is 0 Å². The second-order valence-corrected chi connectivity index (χ2v) is 4.78. The quantitative estimate of drug-likeness (QED) is 0.867. The maximum atomic E-state index is 9.40.